The Hall–Kier alpha value is -0.580. The van der Waals surface area contributed by atoms with E-state index in [-0.39, 0.29) is 18.1 Å². The van der Waals surface area contributed by atoms with Crippen LogP contribution in [0.5, 0.6) is 0 Å². The molecule has 96 valence electrons. The molecule has 0 fully saturated rings. The summed E-state index contributed by atoms with van der Waals surface area (Å²) in [4.78, 5) is 12.6. The van der Waals surface area contributed by atoms with E-state index >= 15 is 0 Å². The summed E-state index contributed by atoms with van der Waals surface area (Å²) in [7, 11) is 0. The van der Waals surface area contributed by atoms with E-state index in [9.17, 15) is 4.79 Å². The van der Waals surface area contributed by atoms with E-state index in [1.807, 2.05) is 26.2 Å². The van der Waals surface area contributed by atoms with E-state index < -0.39 is 0 Å². The molecule has 0 aliphatic heterocycles. The number of aliphatic hydroxyl groups excluding tert-OH is 1. The number of nitrogens with one attached hydrogen (secondary N) is 1. The lowest BCUT2D eigenvalue weighted by molar-refractivity contribution is 0.0890. The molecule has 3 nitrogen and oxygen atoms in total. The van der Waals surface area contributed by atoms with Gasteiger partial charge in [-0.3, -0.25) is 4.79 Å². The molecule has 1 heterocycles. The maximum atomic E-state index is 12.1. The Morgan fingerprint density at radius 2 is 2.29 bits per heavy atom. The van der Waals surface area contributed by atoms with Crippen molar-refractivity contribution in [3.63, 3.8) is 0 Å². The highest BCUT2D eigenvalue weighted by Gasteiger charge is 2.26. The zero-order chi connectivity index (χ0) is 13.1. The Morgan fingerprint density at radius 1 is 1.65 bits per heavy atom. The lowest BCUT2D eigenvalue weighted by Gasteiger charge is -2.28. The van der Waals surface area contributed by atoms with Crippen molar-refractivity contribution in [2.75, 3.05) is 6.61 Å². The first-order chi connectivity index (χ1) is 7.93. The van der Waals surface area contributed by atoms with Crippen molar-refractivity contribution in [3.8, 4) is 0 Å². The molecule has 0 spiro atoms. The summed E-state index contributed by atoms with van der Waals surface area (Å²) in [5, 5.41) is 14.3. The summed E-state index contributed by atoms with van der Waals surface area (Å²) in [6.07, 6.45) is 1.30. The summed E-state index contributed by atoms with van der Waals surface area (Å²) in [5.41, 5.74) is 0.537. The van der Waals surface area contributed by atoms with E-state index in [4.69, 9.17) is 16.7 Å². The third-order valence-corrected chi connectivity index (χ3v) is 4.66. The van der Waals surface area contributed by atoms with Gasteiger partial charge in [0.15, 0.2) is 0 Å². The standard InChI is InChI=1S/C12H18ClNO2S/c1-4-12(3,5-6-15)14-11(16)10-9(13)8(2)7-17-10/h7,15H,4-6H2,1-3H3,(H,14,16). The molecule has 17 heavy (non-hydrogen) atoms. The lowest BCUT2D eigenvalue weighted by Crippen LogP contribution is -2.46. The molecule has 1 unspecified atom stereocenters. The molecule has 0 aliphatic rings. The number of hydrogen-bond donors (Lipinski definition) is 2. The molecular formula is C12H18ClNO2S. The number of aryl methyl sites for hydroxylation is 1. The van der Waals surface area contributed by atoms with Gasteiger partial charge in [-0.1, -0.05) is 18.5 Å². The molecule has 0 saturated carbocycles. The van der Waals surface area contributed by atoms with E-state index in [0.717, 1.165) is 12.0 Å². The highest BCUT2D eigenvalue weighted by atomic mass is 35.5. The van der Waals surface area contributed by atoms with Crippen molar-refractivity contribution >= 4 is 28.8 Å². The fourth-order valence-corrected chi connectivity index (χ4v) is 2.66. The second-order valence-electron chi connectivity index (χ2n) is 4.40. The quantitative estimate of drug-likeness (QED) is 0.868. The molecule has 0 bridgehead atoms. The second-order valence-corrected chi connectivity index (χ2v) is 5.66. The molecule has 1 amide bonds. The molecule has 2 N–H and O–H groups in total. The Morgan fingerprint density at radius 3 is 2.71 bits per heavy atom. The summed E-state index contributed by atoms with van der Waals surface area (Å²) in [6, 6.07) is 0. The fraction of sp³-hybridized carbons (Fsp3) is 0.583. The first-order valence-electron chi connectivity index (χ1n) is 5.60. The van der Waals surface area contributed by atoms with Crippen LogP contribution >= 0.6 is 22.9 Å². The summed E-state index contributed by atoms with van der Waals surface area (Å²) in [5.74, 6) is -0.161. The highest BCUT2D eigenvalue weighted by molar-refractivity contribution is 7.13. The van der Waals surface area contributed by atoms with E-state index in [1.165, 1.54) is 11.3 Å². The number of aliphatic hydroxyl groups is 1. The molecule has 0 saturated heterocycles. The third kappa shape index (κ3) is 3.44. The maximum absolute atomic E-state index is 12.1. The summed E-state index contributed by atoms with van der Waals surface area (Å²) < 4.78 is 0. The number of amides is 1. The number of halogens is 1. The molecule has 0 radical (unpaired) electrons. The number of thiophene rings is 1. The monoisotopic (exact) mass is 275 g/mol. The van der Waals surface area contributed by atoms with Crippen molar-refractivity contribution in [3.05, 3.63) is 20.8 Å². The second kappa shape index (κ2) is 5.85. The zero-order valence-electron chi connectivity index (χ0n) is 10.3. The van der Waals surface area contributed by atoms with Crippen LogP contribution in [0.2, 0.25) is 5.02 Å². The topological polar surface area (TPSA) is 49.3 Å². The Bertz CT molecular complexity index is 405. The van der Waals surface area contributed by atoms with Crippen LogP contribution in [-0.4, -0.2) is 23.2 Å². The zero-order valence-corrected chi connectivity index (χ0v) is 11.9. The molecular weight excluding hydrogens is 258 g/mol. The van der Waals surface area contributed by atoms with Crippen LogP contribution in [0.3, 0.4) is 0 Å². The number of carbonyl (C=O) groups is 1. The van der Waals surface area contributed by atoms with Gasteiger partial charge in [0.25, 0.3) is 5.91 Å². The Labute approximate surface area is 111 Å². The normalized spacial score (nSPS) is 14.4. The van der Waals surface area contributed by atoms with E-state index in [1.54, 1.807) is 0 Å². The van der Waals surface area contributed by atoms with Gasteiger partial charge in [-0.25, -0.2) is 0 Å². The van der Waals surface area contributed by atoms with Crippen molar-refractivity contribution in [1.82, 2.24) is 5.32 Å². The number of hydrogen-bond acceptors (Lipinski definition) is 3. The van der Waals surface area contributed by atoms with Crippen LogP contribution in [-0.2, 0) is 0 Å². The lowest BCUT2D eigenvalue weighted by atomic mass is 9.95. The fourth-order valence-electron chi connectivity index (χ4n) is 1.49. The summed E-state index contributed by atoms with van der Waals surface area (Å²) >= 11 is 7.40. The molecule has 1 atom stereocenters. The van der Waals surface area contributed by atoms with Crippen molar-refractivity contribution < 1.29 is 9.90 Å². The van der Waals surface area contributed by atoms with E-state index in [0.29, 0.717) is 16.3 Å². The number of rotatable bonds is 5. The molecule has 0 aliphatic carbocycles. The van der Waals surface area contributed by atoms with Crippen LogP contribution in [0.4, 0.5) is 0 Å². The van der Waals surface area contributed by atoms with Gasteiger partial charge >= 0.3 is 0 Å². The minimum atomic E-state index is -0.382. The largest absolute Gasteiger partial charge is 0.396 e. The molecule has 0 aromatic carbocycles. The minimum Gasteiger partial charge on any atom is -0.396 e. The van der Waals surface area contributed by atoms with Crippen LogP contribution < -0.4 is 5.32 Å². The predicted molar refractivity (Wildman–Crippen MR) is 71.9 cm³/mol. The van der Waals surface area contributed by atoms with Gasteiger partial charge in [0.2, 0.25) is 0 Å². The average molecular weight is 276 g/mol. The van der Waals surface area contributed by atoms with Gasteiger partial charge < -0.3 is 10.4 Å². The van der Waals surface area contributed by atoms with Crippen molar-refractivity contribution in [2.24, 2.45) is 0 Å². The summed E-state index contributed by atoms with van der Waals surface area (Å²) in [6.45, 7) is 5.84. The molecule has 5 heteroatoms. The van der Waals surface area contributed by atoms with Crippen LogP contribution in [0.15, 0.2) is 5.38 Å². The first kappa shape index (κ1) is 14.5. The smallest absolute Gasteiger partial charge is 0.263 e. The van der Waals surface area contributed by atoms with Crippen LogP contribution in [0.1, 0.15) is 41.9 Å². The minimum absolute atomic E-state index is 0.0574. The molecule has 1 aromatic rings. The predicted octanol–water partition coefficient (Wildman–Crippen LogP) is 2.99. The van der Waals surface area contributed by atoms with Crippen LogP contribution in [0, 0.1) is 6.92 Å². The van der Waals surface area contributed by atoms with Gasteiger partial charge in [0.1, 0.15) is 4.88 Å². The van der Waals surface area contributed by atoms with Gasteiger partial charge in [-0.2, -0.15) is 0 Å². The van der Waals surface area contributed by atoms with Crippen molar-refractivity contribution in [1.29, 1.82) is 0 Å². The SMILES string of the molecule is CCC(C)(CCO)NC(=O)c1scc(C)c1Cl. The maximum Gasteiger partial charge on any atom is 0.263 e. The first-order valence-corrected chi connectivity index (χ1v) is 6.86. The van der Waals surface area contributed by atoms with Gasteiger partial charge in [0, 0.05) is 12.1 Å². The Balaban J connectivity index is 2.81. The molecule has 1 rings (SSSR count). The average Bonchev–Trinajstić information content (AvgIpc) is 2.60. The van der Waals surface area contributed by atoms with Crippen molar-refractivity contribution in [2.45, 2.75) is 39.2 Å². The molecule has 1 aromatic heterocycles. The van der Waals surface area contributed by atoms with E-state index in [2.05, 4.69) is 5.32 Å². The third-order valence-electron chi connectivity index (χ3n) is 2.96. The van der Waals surface area contributed by atoms with Gasteiger partial charge in [0.05, 0.1) is 5.02 Å². The van der Waals surface area contributed by atoms with Gasteiger partial charge in [-0.15, -0.1) is 11.3 Å². The van der Waals surface area contributed by atoms with Crippen LogP contribution in [0.25, 0.3) is 0 Å². The van der Waals surface area contributed by atoms with Gasteiger partial charge in [-0.05, 0) is 37.6 Å². The number of carbonyl (C=O) groups excluding carboxylic acids is 1. The highest BCUT2D eigenvalue weighted by Crippen LogP contribution is 2.28. The Kier molecular flexibility index (Phi) is 4.98.